The maximum atomic E-state index is 12.6. The summed E-state index contributed by atoms with van der Waals surface area (Å²) in [6.45, 7) is 5.24. The number of aryl methyl sites for hydroxylation is 2. The molecule has 2 aromatic rings. The van der Waals surface area contributed by atoms with Gasteiger partial charge in [-0.15, -0.1) is 0 Å². The van der Waals surface area contributed by atoms with Crippen molar-refractivity contribution in [3.8, 4) is 5.75 Å². The third kappa shape index (κ3) is 2.75. The minimum atomic E-state index is -1.66. The van der Waals surface area contributed by atoms with Crippen LogP contribution in [0.1, 0.15) is 18.1 Å². The van der Waals surface area contributed by atoms with E-state index in [1.807, 2.05) is 26.0 Å². The van der Waals surface area contributed by atoms with Crippen LogP contribution in [-0.4, -0.2) is 22.4 Å². The Morgan fingerprint density at radius 2 is 1.96 bits per heavy atom. The molecule has 0 bridgehead atoms. The summed E-state index contributed by atoms with van der Waals surface area (Å²) in [6, 6.07) is 8.93. The Kier molecular flexibility index (Phi) is 3.52. The molecule has 2 amide bonds. The van der Waals surface area contributed by atoms with Crippen LogP contribution < -0.4 is 15.4 Å². The van der Waals surface area contributed by atoms with Crippen molar-refractivity contribution in [2.24, 2.45) is 0 Å². The van der Waals surface area contributed by atoms with Crippen molar-refractivity contribution in [3.05, 3.63) is 47.7 Å². The smallest absolute Gasteiger partial charge is 0.279 e. The Hall–Kier alpha value is -2.89. The lowest BCUT2D eigenvalue weighted by Crippen LogP contribution is -2.56. The number of nitrogens with zero attached hydrogens (tertiary/aromatic N) is 1. The zero-order valence-electron chi connectivity index (χ0n) is 13.1. The third-order valence-corrected chi connectivity index (χ3v) is 3.72. The summed E-state index contributed by atoms with van der Waals surface area (Å²) < 4.78 is 5.70. The number of anilines is 2. The lowest BCUT2D eigenvalue weighted by molar-refractivity contribution is -0.143. The number of hydrogen-bond donors (Lipinski definition) is 2. The number of pyridine rings is 1. The van der Waals surface area contributed by atoms with E-state index in [4.69, 9.17) is 4.74 Å². The first-order valence-corrected chi connectivity index (χ1v) is 7.24. The van der Waals surface area contributed by atoms with Crippen LogP contribution in [0.2, 0.25) is 0 Å². The highest BCUT2D eigenvalue weighted by molar-refractivity contribution is 6.18. The highest BCUT2D eigenvalue weighted by Gasteiger charge is 2.47. The number of fused-ring (bicyclic) bond motifs is 1. The Balaban J connectivity index is 1.87. The quantitative estimate of drug-likeness (QED) is 0.835. The average Bonchev–Trinajstić information content (AvgIpc) is 2.49. The largest absolute Gasteiger partial charge is 0.466 e. The van der Waals surface area contributed by atoms with Gasteiger partial charge in [-0.1, -0.05) is 6.07 Å². The molecule has 0 radical (unpaired) electrons. The first-order chi connectivity index (χ1) is 10.9. The number of aromatic nitrogens is 1. The van der Waals surface area contributed by atoms with Gasteiger partial charge in [-0.3, -0.25) is 9.59 Å². The normalized spacial score (nSPS) is 19.3. The molecule has 3 rings (SSSR count). The number of hydrogen-bond acceptors (Lipinski definition) is 4. The SMILES string of the molecule is Cc1ccnc(NC(=O)C2(C)Oc3ccc(C)cc3NC2=O)c1. The van der Waals surface area contributed by atoms with Crippen molar-refractivity contribution in [2.45, 2.75) is 26.4 Å². The molecule has 0 saturated heterocycles. The molecule has 6 nitrogen and oxygen atoms in total. The summed E-state index contributed by atoms with van der Waals surface area (Å²) >= 11 is 0. The van der Waals surface area contributed by atoms with Crippen LogP contribution in [0.15, 0.2) is 36.5 Å². The second-order valence-electron chi connectivity index (χ2n) is 5.76. The number of amides is 2. The van der Waals surface area contributed by atoms with Crippen molar-refractivity contribution < 1.29 is 14.3 Å². The van der Waals surface area contributed by atoms with Crippen LogP contribution in [-0.2, 0) is 9.59 Å². The van der Waals surface area contributed by atoms with Gasteiger partial charge in [0.1, 0.15) is 11.6 Å². The Bertz CT molecular complexity index is 803. The van der Waals surface area contributed by atoms with Gasteiger partial charge in [0.2, 0.25) is 0 Å². The molecule has 2 N–H and O–H groups in total. The second-order valence-corrected chi connectivity index (χ2v) is 5.76. The van der Waals surface area contributed by atoms with Crippen molar-refractivity contribution in [1.29, 1.82) is 0 Å². The fraction of sp³-hybridized carbons (Fsp3) is 0.235. The number of ether oxygens (including phenoxy) is 1. The summed E-state index contributed by atoms with van der Waals surface area (Å²) in [4.78, 5) is 29.0. The highest BCUT2D eigenvalue weighted by Crippen LogP contribution is 2.34. The van der Waals surface area contributed by atoms with Crippen molar-refractivity contribution in [2.75, 3.05) is 10.6 Å². The molecule has 1 aliphatic rings. The second kappa shape index (κ2) is 5.39. The fourth-order valence-corrected chi connectivity index (χ4v) is 2.33. The van der Waals surface area contributed by atoms with Gasteiger partial charge >= 0.3 is 0 Å². The van der Waals surface area contributed by atoms with Crippen LogP contribution in [0, 0.1) is 13.8 Å². The molecule has 6 heteroatoms. The summed E-state index contributed by atoms with van der Waals surface area (Å²) in [5.74, 6) is -0.243. The first-order valence-electron chi connectivity index (χ1n) is 7.24. The standard InChI is InChI=1S/C17H17N3O3/c1-10-4-5-13-12(8-10)19-15(21)17(3,23-13)16(22)20-14-9-11(2)6-7-18-14/h4-9H,1-3H3,(H,19,21)(H,18,20,22). The Morgan fingerprint density at radius 1 is 1.22 bits per heavy atom. The van der Waals surface area contributed by atoms with Gasteiger partial charge in [0.05, 0.1) is 5.69 Å². The lowest BCUT2D eigenvalue weighted by atomic mass is 10.0. The highest BCUT2D eigenvalue weighted by atomic mass is 16.5. The van der Waals surface area contributed by atoms with E-state index in [9.17, 15) is 9.59 Å². The van der Waals surface area contributed by atoms with Gasteiger partial charge in [0, 0.05) is 6.20 Å². The van der Waals surface area contributed by atoms with E-state index >= 15 is 0 Å². The molecular weight excluding hydrogens is 294 g/mol. The van der Waals surface area contributed by atoms with Crippen LogP contribution in [0.25, 0.3) is 0 Å². The van der Waals surface area contributed by atoms with E-state index in [2.05, 4.69) is 15.6 Å². The molecule has 0 aliphatic carbocycles. The Morgan fingerprint density at radius 3 is 2.70 bits per heavy atom. The molecule has 1 aromatic heterocycles. The monoisotopic (exact) mass is 311 g/mol. The minimum Gasteiger partial charge on any atom is -0.466 e. The van der Waals surface area contributed by atoms with E-state index in [0.717, 1.165) is 11.1 Å². The third-order valence-electron chi connectivity index (χ3n) is 3.72. The number of nitrogens with one attached hydrogen (secondary N) is 2. The zero-order valence-corrected chi connectivity index (χ0v) is 13.1. The van der Waals surface area contributed by atoms with Crippen LogP contribution in [0.4, 0.5) is 11.5 Å². The number of rotatable bonds is 2. The molecule has 0 spiro atoms. The van der Waals surface area contributed by atoms with Crippen LogP contribution >= 0.6 is 0 Å². The molecule has 118 valence electrons. The fourth-order valence-electron chi connectivity index (χ4n) is 2.33. The summed E-state index contributed by atoms with van der Waals surface area (Å²) in [6.07, 6.45) is 1.59. The summed E-state index contributed by atoms with van der Waals surface area (Å²) in [7, 11) is 0. The molecule has 2 heterocycles. The molecule has 1 atom stereocenters. The lowest BCUT2D eigenvalue weighted by Gasteiger charge is -2.33. The predicted molar refractivity (Wildman–Crippen MR) is 86.4 cm³/mol. The molecule has 1 unspecified atom stereocenters. The van der Waals surface area contributed by atoms with E-state index in [0.29, 0.717) is 17.3 Å². The number of carbonyl (C=O) groups is 2. The molecule has 0 fully saturated rings. The summed E-state index contributed by atoms with van der Waals surface area (Å²) in [5, 5.41) is 5.35. The number of benzene rings is 1. The van der Waals surface area contributed by atoms with E-state index in [-0.39, 0.29) is 0 Å². The first kappa shape index (κ1) is 15.0. The van der Waals surface area contributed by atoms with E-state index in [1.165, 1.54) is 6.92 Å². The van der Waals surface area contributed by atoms with Gasteiger partial charge in [0.25, 0.3) is 17.4 Å². The van der Waals surface area contributed by atoms with Crippen molar-refractivity contribution >= 4 is 23.3 Å². The zero-order chi connectivity index (χ0) is 16.6. The van der Waals surface area contributed by atoms with E-state index in [1.54, 1.807) is 24.4 Å². The minimum absolute atomic E-state index is 0.377. The topological polar surface area (TPSA) is 80.3 Å². The average molecular weight is 311 g/mol. The van der Waals surface area contributed by atoms with Gasteiger partial charge in [-0.05, 0) is 56.2 Å². The van der Waals surface area contributed by atoms with Gasteiger partial charge < -0.3 is 15.4 Å². The molecule has 1 aromatic carbocycles. The van der Waals surface area contributed by atoms with Crippen molar-refractivity contribution in [3.63, 3.8) is 0 Å². The van der Waals surface area contributed by atoms with Crippen LogP contribution in [0.5, 0.6) is 5.75 Å². The van der Waals surface area contributed by atoms with Gasteiger partial charge in [-0.2, -0.15) is 0 Å². The predicted octanol–water partition coefficient (Wildman–Crippen LogP) is 2.43. The van der Waals surface area contributed by atoms with Crippen molar-refractivity contribution in [1.82, 2.24) is 4.98 Å². The van der Waals surface area contributed by atoms with Gasteiger partial charge in [0.15, 0.2) is 0 Å². The Labute approximate surface area is 133 Å². The molecule has 1 aliphatic heterocycles. The maximum Gasteiger partial charge on any atom is 0.279 e. The molecule has 23 heavy (non-hydrogen) atoms. The molecule has 0 saturated carbocycles. The van der Waals surface area contributed by atoms with Crippen LogP contribution in [0.3, 0.4) is 0 Å². The molecular formula is C17H17N3O3. The van der Waals surface area contributed by atoms with Gasteiger partial charge in [-0.25, -0.2) is 4.98 Å². The number of carbonyl (C=O) groups excluding carboxylic acids is 2. The van der Waals surface area contributed by atoms with E-state index < -0.39 is 17.4 Å². The maximum absolute atomic E-state index is 12.6. The summed E-state index contributed by atoms with van der Waals surface area (Å²) in [5.41, 5.74) is 0.849.